The maximum absolute atomic E-state index is 11.9. The number of H-pyrrole nitrogens is 2. The predicted octanol–water partition coefficient (Wildman–Crippen LogP) is 0.237. The minimum absolute atomic E-state index is 0.289. The summed E-state index contributed by atoms with van der Waals surface area (Å²) in [7, 11) is 1.94. The van der Waals surface area contributed by atoms with E-state index in [0.29, 0.717) is 24.4 Å². The van der Waals surface area contributed by atoms with Gasteiger partial charge in [0.1, 0.15) is 5.82 Å². The molecule has 0 amide bonds. The Balaban J connectivity index is 1.69. The van der Waals surface area contributed by atoms with Gasteiger partial charge in [-0.15, -0.1) is 0 Å². The maximum atomic E-state index is 11.9. The van der Waals surface area contributed by atoms with Crippen LogP contribution in [0.3, 0.4) is 0 Å². The van der Waals surface area contributed by atoms with Gasteiger partial charge in [-0.25, -0.2) is 4.79 Å². The lowest BCUT2D eigenvalue weighted by Gasteiger charge is -2.29. The first-order chi connectivity index (χ1) is 10.1. The fourth-order valence-corrected chi connectivity index (χ4v) is 3.01. The van der Waals surface area contributed by atoms with Crippen LogP contribution in [-0.2, 0) is 20.0 Å². The summed E-state index contributed by atoms with van der Waals surface area (Å²) in [6.07, 6.45) is 3.11. The molecule has 0 spiro atoms. The average Bonchev–Trinajstić information content (AvgIpc) is 3.22. The van der Waals surface area contributed by atoms with Crippen LogP contribution in [0.1, 0.15) is 35.7 Å². The van der Waals surface area contributed by atoms with Gasteiger partial charge in [-0.2, -0.15) is 5.10 Å². The summed E-state index contributed by atoms with van der Waals surface area (Å²) in [4.78, 5) is 30.4. The van der Waals surface area contributed by atoms with E-state index in [1.165, 1.54) is 12.8 Å². The topological polar surface area (TPSA) is 86.8 Å². The molecular formula is C14H17N5O2. The van der Waals surface area contributed by atoms with Gasteiger partial charge in [-0.05, 0) is 12.8 Å². The Bertz CT molecular complexity index is 812. The van der Waals surface area contributed by atoms with Gasteiger partial charge in [0.2, 0.25) is 0 Å². The molecule has 3 heterocycles. The van der Waals surface area contributed by atoms with Crippen LogP contribution in [0.2, 0.25) is 0 Å². The summed E-state index contributed by atoms with van der Waals surface area (Å²) in [6.45, 7) is 1.28. The van der Waals surface area contributed by atoms with Gasteiger partial charge >= 0.3 is 5.69 Å². The monoisotopic (exact) mass is 287 g/mol. The van der Waals surface area contributed by atoms with Crippen molar-refractivity contribution in [3.63, 3.8) is 0 Å². The number of fused-ring (bicyclic) bond motifs is 1. The molecule has 1 aliphatic heterocycles. The highest BCUT2D eigenvalue weighted by atomic mass is 16.2. The number of anilines is 1. The van der Waals surface area contributed by atoms with Gasteiger partial charge in [0, 0.05) is 37.7 Å². The van der Waals surface area contributed by atoms with E-state index in [9.17, 15) is 9.59 Å². The van der Waals surface area contributed by atoms with Crippen LogP contribution in [0.25, 0.3) is 0 Å². The standard InChI is InChI=1S/C14H17N5O2/c1-18-12(6-11(17-18)8-2-3-8)19-5-4-10-9(7-19)13(20)16-14(21)15-10/h6,8H,2-5,7H2,1H3,(H2,15,16,20,21). The number of nitrogens with zero attached hydrogens (tertiary/aromatic N) is 3. The second-order valence-corrected chi connectivity index (χ2v) is 5.86. The Hall–Kier alpha value is -2.31. The van der Waals surface area contributed by atoms with Gasteiger partial charge in [0.25, 0.3) is 5.56 Å². The molecule has 0 atom stereocenters. The van der Waals surface area contributed by atoms with Crippen molar-refractivity contribution >= 4 is 5.82 Å². The van der Waals surface area contributed by atoms with E-state index in [0.717, 1.165) is 23.8 Å². The molecule has 0 unspecified atom stereocenters. The normalized spacial score (nSPS) is 17.9. The number of rotatable bonds is 2. The third kappa shape index (κ3) is 2.09. The number of hydrogen-bond donors (Lipinski definition) is 2. The van der Waals surface area contributed by atoms with Gasteiger partial charge in [0.05, 0.1) is 17.8 Å². The lowest BCUT2D eigenvalue weighted by molar-refractivity contribution is 0.647. The molecule has 1 saturated carbocycles. The molecule has 7 nitrogen and oxygen atoms in total. The summed E-state index contributed by atoms with van der Waals surface area (Å²) in [5.74, 6) is 1.65. The number of aromatic amines is 2. The first-order valence-corrected chi connectivity index (χ1v) is 7.25. The van der Waals surface area contributed by atoms with Gasteiger partial charge in [-0.1, -0.05) is 0 Å². The largest absolute Gasteiger partial charge is 0.352 e. The van der Waals surface area contributed by atoms with E-state index in [1.807, 2.05) is 11.7 Å². The molecule has 2 aromatic heterocycles. The summed E-state index contributed by atoms with van der Waals surface area (Å²) in [5.41, 5.74) is 1.83. The van der Waals surface area contributed by atoms with E-state index in [-0.39, 0.29) is 5.56 Å². The van der Waals surface area contributed by atoms with E-state index in [2.05, 4.69) is 26.0 Å². The second kappa shape index (κ2) is 4.34. The van der Waals surface area contributed by atoms with E-state index < -0.39 is 5.69 Å². The lowest BCUT2D eigenvalue weighted by Crippen LogP contribution is -2.39. The van der Waals surface area contributed by atoms with Gasteiger partial charge < -0.3 is 9.88 Å². The van der Waals surface area contributed by atoms with Crippen molar-refractivity contribution < 1.29 is 0 Å². The van der Waals surface area contributed by atoms with Crippen molar-refractivity contribution in [3.8, 4) is 0 Å². The minimum Gasteiger partial charge on any atom is -0.352 e. The zero-order chi connectivity index (χ0) is 14.6. The molecule has 1 aliphatic carbocycles. The fourth-order valence-electron chi connectivity index (χ4n) is 3.01. The van der Waals surface area contributed by atoms with E-state index >= 15 is 0 Å². The van der Waals surface area contributed by atoms with Crippen molar-refractivity contribution in [1.29, 1.82) is 0 Å². The Morgan fingerprint density at radius 2 is 2.10 bits per heavy atom. The molecule has 0 radical (unpaired) electrons. The summed E-state index contributed by atoms with van der Waals surface area (Å²) >= 11 is 0. The summed E-state index contributed by atoms with van der Waals surface area (Å²) in [6, 6.07) is 2.13. The third-order valence-electron chi connectivity index (χ3n) is 4.30. The van der Waals surface area contributed by atoms with Crippen molar-refractivity contribution in [1.82, 2.24) is 19.7 Å². The SMILES string of the molecule is Cn1nc(C2CC2)cc1N1CCc2[nH]c(=O)[nH]c(=O)c2C1. The van der Waals surface area contributed by atoms with Crippen LogP contribution in [0, 0.1) is 0 Å². The van der Waals surface area contributed by atoms with Crippen molar-refractivity contribution in [3.05, 3.63) is 43.9 Å². The van der Waals surface area contributed by atoms with Crippen LogP contribution in [-0.4, -0.2) is 26.3 Å². The predicted molar refractivity (Wildman–Crippen MR) is 77.6 cm³/mol. The molecule has 2 aliphatic rings. The van der Waals surface area contributed by atoms with Gasteiger partial charge in [0.15, 0.2) is 0 Å². The number of nitrogens with one attached hydrogen (secondary N) is 2. The first kappa shape index (κ1) is 12.4. The van der Waals surface area contributed by atoms with Crippen LogP contribution >= 0.6 is 0 Å². The first-order valence-electron chi connectivity index (χ1n) is 7.25. The average molecular weight is 287 g/mol. The maximum Gasteiger partial charge on any atom is 0.325 e. The highest BCUT2D eigenvalue weighted by molar-refractivity contribution is 5.45. The summed E-state index contributed by atoms with van der Waals surface area (Å²) < 4.78 is 1.89. The molecule has 0 saturated heterocycles. The molecule has 2 N–H and O–H groups in total. The van der Waals surface area contributed by atoms with Crippen LogP contribution < -0.4 is 16.1 Å². The van der Waals surface area contributed by atoms with Crippen LogP contribution in [0.15, 0.2) is 15.7 Å². The zero-order valence-corrected chi connectivity index (χ0v) is 11.8. The molecule has 2 aromatic rings. The minimum atomic E-state index is -0.427. The van der Waals surface area contributed by atoms with Crippen LogP contribution in [0.4, 0.5) is 5.82 Å². The van der Waals surface area contributed by atoms with E-state index in [4.69, 9.17) is 0 Å². The Labute approximate surface area is 120 Å². The molecule has 21 heavy (non-hydrogen) atoms. The zero-order valence-electron chi connectivity index (χ0n) is 11.8. The molecule has 4 rings (SSSR count). The Morgan fingerprint density at radius 1 is 1.29 bits per heavy atom. The highest BCUT2D eigenvalue weighted by Crippen LogP contribution is 2.40. The molecular weight excluding hydrogens is 270 g/mol. The Morgan fingerprint density at radius 3 is 2.86 bits per heavy atom. The van der Waals surface area contributed by atoms with Crippen molar-refractivity contribution in [2.24, 2.45) is 7.05 Å². The number of hydrogen-bond acceptors (Lipinski definition) is 4. The fraction of sp³-hybridized carbons (Fsp3) is 0.500. The number of aryl methyl sites for hydroxylation is 1. The molecule has 0 bridgehead atoms. The molecule has 110 valence electrons. The Kier molecular flexibility index (Phi) is 2.57. The number of aromatic nitrogens is 4. The smallest absolute Gasteiger partial charge is 0.325 e. The quantitative estimate of drug-likeness (QED) is 0.828. The summed E-state index contributed by atoms with van der Waals surface area (Å²) in [5, 5.41) is 4.57. The van der Waals surface area contributed by atoms with E-state index in [1.54, 1.807) is 0 Å². The third-order valence-corrected chi connectivity index (χ3v) is 4.30. The lowest BCUT2D eigenvalue weighted by atomic mass is 10.1. The molecule has 7 heteroatoms. The molecule has 0 aromatic carbocycles. The van der Waals surface area contributed by atoms with Crippen molar-refractivity contribution in [2.45, 2.75) is 31.7 Å². The second-order valence-electron chi connectivity index (χ2n) is 5.86. The highest BCUT2D eigenvalue weighted by Gasteiger charge is 2.29. The molecule has 1 fully saturated rings. The van der Waals surface area contributed by atoms with Gasteiger partial charge in [-0.3, -0.25) is 14.5 Å². The van der Waals surface area contributed by atoms with Crippen LogP contribution in [0.5, 0.6) is 0 Å². The van der Waals surface area contributed by atoms with Crippen molar-refractivity contribution in [2.75, 3.05) is 11.4 Å².